The molecule has 0 heterocycles. The van der Waals surface area contributed by atoms with E-state index in [1.54, 1.807) is 0 Å². The Morgan fingerprint density at radius 1 is 1.05 bits per heavy atom. The van der Waals surface area contributed by atoms with Crippen molar-refractivity contribution in [2.45, 2.75) is 70.9 Å². The van der Waals surface area contributed by atoms with E-state index in [9.17, 15) is 5.11 Å². The molecule has 0 spiro atoms. The van der Waals surface area contributed by atoms with Gasteiger partial charge in [-0.15, -0.1) is 0 Å². The average molecular weight is 275 g/mol. The fraction of sp³-hybridized carbons (Fsp3) is 1.00. The third-order valence-electron chi connectivity index (χ3n) is 3.31. The Labute approximate surface area is 118 Å². The second-order valence-corrected chi connectivity index (χ2v) is 5.19. The Hall–Kier alpha value is -0.160. The van der Waals surface area contributed by atoms with Crippen LogP contribution in [0.15, 0.2) is 0 Å². The lowest BCUT2D eigenvalue weighted by atomic mass is 10.1. The van der Waals surface area contributed by atoms with E-state index in [4.69, 9.17) is 9.84 Å². The monoisotopic (exact) mass is 275 g/mol. The van der Waals surface area contributed by atoms with Gasteiger partial charge in [-0.3, -0.25) is 0 Å². The van der Waals surface area contributed by atoms with Gasteiger partial charge in [-0.2, -0.15) is 0 Å². The summed E-state index contributed by atoms with van der Waals surface area (Å²) in [5, 5.41) is 21.8. The highest BCUT2D eigenvalue weighted by molar-refractivity contribution is 4.66. The predicted molar refractivity (Wildman–Crippen MR) is 79.4 cm³/mol. The van der Waals surface area contributed by atoms with E-state index in [1.807, 2.05) is 6.92 Å². The van der Waals surface area contributed by atoms with Gasteiger partial charge >= 0.3 is 0 Å². The van der Waals surface area contributed by atoms with Crippen LogP contribution in [-0.4, -0.2) is 48.7 Å². The van der Waals surface area contributed by atoms with Gasteiger partial charge in [-0.1, -0.05) is 46.0 Å². The number of hydrogen-bond donors (Lipinski definition) is 3. The van der Waals surface area contributed by atoms with Crippen LogP contribution in [0.25, 0.3) is 0 Å². The van der Waals surface area contributed by atoms with Gasteiger partial charge < -0.3 is 20.3 Å². The molecule has 0 aromatic carbocycles. The third-order valence-corrected chi connectivity index (χ3v) is 3.31. The highest BCUT2D eigenvalue weighted by Gasteiger charge is 2.08. The molecule has 0 aromatic heterocycles. The van der Waals surface area contributed by atoms with E-state index < -0.39 is 6.10 Å². The van der Waals surface area contributed by atoms with Gasteiger partial charge in [0.05, 0.1) is 19.3 Å². The van der Waals surface area contributed by atoms with Crippen molar-refractivity contribution < 1.29 is 14.9 Å². The molecule has 0 aliphatic carbocycles. The lowest BCUT2D eigenvalue weighted by molar-refractivity contribution is 0.0329. The van der Waals surface area contributed by atoms with Gasteiger partial charge in [0.15, 0.2) is 0 Å². The zero-order valence-electron chi connectivity index (χ0n) is 12.7. The van der Waals surface area contributed by atoms with E-state index in [1.165, 1.54) is 32.1 Å². The van der Waals surface area contributed by atoms with Crippen molar-refractivity contribution in [3.05, 3.63) is 0 Å². The summed E-state index contributed by atoms with van der Waals surface area (Å²) in [4.78, 5) is 0. The second-order valence-electron chi connectivity index (χ2n) is 5.19. The van der Waals surface area contributed by atoms with Gasteiger partial charge in [-0.25, -0.2) is 0 Å². The molecule has 0 fully saturated rings. The summed E-state index contributed by atoms with van der Waals surface area (Å²) >= 11 is 0. The second kappa shape index (κ2) is 14.3. The van der Waals surface area contributed by atoms with Crippen LogP contribution in [0.3, 0.4) is 0 Å². The molecule has 0 saturated carbocycles. The molecule has 19 heavy (non-hydrogen) atoms. The van der Waals surface area contributed by atoms with E-state index in [0.717, 1.165) is 19.4 Å². The SMILES string of the molecule is CCCCCCCCOCC(O)CNC(CC)CO. The zero-order valence-corrected chi connectivity index (χ0v) is 12.7. The molecule has 2 unspecified atom stereocenters. The number of rotatable bonds is 14. The van der Waals surface area contributed by atoms with Gasteiger partial charge in [0.1, 0.15) is 0 Å². The third kappa shape index (κ3) is 12.6. The first-order chi connectivity index (χ1) is 9.24. The Morgan fingerprint density at radius 3 is 2.37 bits per heavy atom. The minimum absolute atomic E-state index is 0.0771. The molecule has 0 aliphatic heterocycles. The molecule has 4 heteroatoms. The van der Waals surface area contributed by atoms with E-state index in [0.29, 0.717) is 13.2 Å². The van der Waals surface area contributed by atoms with Crippen molar-refractivity contribution in [2.75, 3.05) is 26.4 Å². The van der Waals surface area contributed by atoms with Crippen LogP contribution >= 0.6 is 0 Å². The predicted octanol–water partition coefficient (Wildman–Crippen LogP) is 2.08. The van der Waals surface area contributed by atoms with E-state index in [2.05, 4.69) is 12.2 Å². The molecule has 0 aromatic rings. The average Bonchev–Trinajstić information content (AvgIpc) is 2.43. The molecule has 0 radical (unpaired) electrons. The summed E-state index contributed by atoms with van der Waals surface area (Å²) in [5.74, 6) is 0. The van der Waals surface area contributed by atoms with Crippen LogP contribution in [-0.2, 0) is 4.74 Å². The highest BCUT2D eigenvalue weighted by atomic mass is 16.5. The Morgan fingerprint density at radius 2 is 1.74 bits per heavy atom. The number of hydrogen-bond acceptors (Lipinski definition) is 4. The van der Waals surface area contributed by atoms with Gasteiger partial charge in [0.2, 0.25) is 0 Å². The van der Waals surface area contributed by atoms with Crippen molar-refractivity contribution in [3.63, 3.8) is 0 Å². The van der Waals surface area contributed by atoms with Gasteiger partial charge in [0.25, 0.3) is 0 Å². The normalized spacial score (nSPS) is 14.5. The van der Waals surface area contributed by atoms with Crippen molar-refractivity contribution in [2.24, 2.45) is 0 Å². The van der Waals surface area contributed by atoms with Crippen LogP contribution in [0.5, 0.6) is 0 Å². The largest absolute Gasteiger partial charge is 0.395 e. The molecule has 0 bridgehead atoms. The molecular formula is C15H33NO3. The molecule has 116 valence electrons. The minimum atomic E-state index is -0.485. The molecular weight excluding hydrogens is 242 g/mol. The molecule has 0 amide bonds. The quantitative estimate of drug-likeness (QED) is 0.425. The van der Waals surface area contributed by atoms with Crippen LogP contribution in [0.2, 0.25) is 0 Å². The fourth-order valence-corrected chi connectivity index (χ4v) is 1.90. The molecule has 3 N–H and O–H groups in total. The number of ether oxygens (including phenoxy) is 1. The van der Waals surface area contributed by atoms with Crippen molar-refractivity contribution in [1.29, 1.82) is 0 Å². The summed E-state index contributed by atoms with van der Waals surface area (Å²) in [5.41, 5.74) is 0. The Kier molecular flexibility index (Phi) is 14.1. The Bertz CT molecular complexity index is 175. The maximum Gasteiger partial charge on any atom is 0.0897 e. The first kappa shape index (κ1) is 18.8. The van der Waals surface area contributed by atoms with Crippen LogP contribution < -0.4 is 5.32 Å². The van der Waals surface area contributed by atoms with Crippen molar-refractivity contribution in [3.8, 4) is 0 Å². The number of aliphatic hydroxyl groups excluding tert-OH is 2. The van der Waals surface area contributed by atoms with Crippen molar-refractivity contribution in [1.82, 2.24) is 5.32 Å². The maximum atomic E-state index is 9.69. The van der Waals surface area contributed by atoms with Crippen molar-refractivity contribution >= 4 is 0 Å². The fourth-order valence-electron chi connectivity index (χ4n) is 1.90. The first-order valence-corrected chi connectivity index (χ1v) is 7.84. The lowest BCUT2D eigenvalue weighted by Crippen LogP contribution is -2.39. The standard InChI is InChI=1S/C15H33NO3/c1-3-5-6-7-8-9-10-19-13-15(18)11-16-14(4-2)12-17/h14-18H,3-13H2,1-2H3. The summed E-state index contributed by atoms with van der Waals surface area (Å²) in [6, 6.07) is 0.0771. The van der Waals surface area contributed by atoms with E-state index >= 15 is 0 Å². The molecule has 0 rings (SSSR count). The molecule has 4 nitrogen and oxygen atoms in total. The van der Waals surface area contributed by atoms with Crippen LogP contribution in [0, 0.1) is 0 Å². The smallest absolute Gasteiger partial charge is 0.0897 e. The van der Waals surface area contributed by atoms with Crippen LogP contribution in [0.1, 0.15) is 58.8 Å². The topological polar surface area (TPSA) is 61.7 Å². The minimum Gasteiger partial charge on any atom is -0.395 e. The number of nitrogens with one attached hydrogen (secondary N) is 1. The van der Waals surface area contributed by atoms with Gasteiger partial charge in [0, 0.05) is 19.2 Å². The maximum absolute atomic E-state index is 9.69. The lowest BCUT2D eigenvalue weighted by Gasteiger charge is -2.17. The molecule has 2 atom stereocenters. The zero-order chi connectivity index (χ0) is 14.3. The first-order valence-electron chi connectivity index (χ1n) is 7.84. The summed E-state index contributed by atoms with van der Waals surface area (Å²) in [6.45, 7) is 5.94. The summed E-state index contributed by atoms with van der Waals surface area (Å²) in [7, 11) is 0. The number of aliphatic hydroxyl groups is 2. The molecule has 0 aliphatic rings. The highest BCUT2D eigenvalue weighted by Crippen LogP contribution is 2.04. The molecule has 0 saturated heterocycles. The summed E-state index contributed by atoms with van der Waals surface area (Å²) in [6.07, 6.45) is 7.90. The van der Waals surface area contributed by atoms with Crippen LogP contribution in [0.4, 0.5) is 0 Å². The Balaban J connectivity index is 3.26. The number of unbranched alkanes of at least 4 members (excludes halogenated alkanes) is 5. The summed E-state index contributed by atoms with van der Waals surface area (Å²) < 4.78 is 5.45. The van der Waals surface area contributed by atoms with Gasteiger partial charge in [-0.05, 0) is 12.8 Å². The van der Waals surface area contributed by atoms with E-state index in [-0.39, 0.29) is 12.6 Å².